The third-order valence-corrected chi connectivity index (χ3v) is 6.39. The molecule has 3 atom stereocenters. The van der Waals surface area contributed by atoms with Crippen molar-refractivity contribution in [3.05, 3.63) is 76.3 Å². The van der Waals surface area contributed by atoms with Gasteiger partial charge in [0, 0.05) is 35.3 Å². The summed E-state index contributed by atoms with van der Waals surface area (Å²) in [6.45, 7) is 2.57. The first-order valence-corrected chi connectivity index (χ1v) is 10.3. The van der Waals surface area contributed by atoms with E-state index < -0.39 is 0 Å². The zero-order chi connectivity index (χ0) is 19.1. The average Bonchev–Trinajstić information content (AvgIpc) is 3.24. The van der Waals surface area contributed by atoms with E-state index in [2.05, 4.69) is 41.7 Å². The fraction of sp³-hybridized carbons (Fsp3) is 0.348. The van der Waals surface area contributed by atoms with Crippen molar-refractivity contribution in [2.45, 2.75) is 18.4 Å². The molecule has 28 heavy (non-hydrogen) atoms. The molecule has 2 aliphatic heterocycles. The summed E-state index contributed by atoms with van der Waals surface area (Å²) in [5, 5.41) is 4.48. The van der Waals surface area contributed by atoms with Crippen molar-refractivity contribution in [3.63, 3.8) is 0 Å². The topological polar surface area (TPSA) is 41.6 Å². The molecule has 5 heteroatoms. The fourth-order valence-electron chi connectivity index (χ4n) is 4.68. The lowest BCUT2D eigenvalue weighted by Gasteiger charge is -2.38. The van der Waals surface area contributed by atoms with E-state index >= 15 is 0 Å². The van der Waals surface area contributed by atoms with Crippen LogP contribution in [0.15, 0.2) is 54.6 Å². The van der Waals surface area contributed by atoms with E-state index in [-0.39, 0.29) is 11.9 Å². The lowest BCUT2D eigenvalue weighted by molar-refractivity contribution is 0.0303. The molecule has 2 heterocycles. The van der Waals surface area contributed by atoms with Gasteiger partial charge in [-0.25, -0.2) is 0 Å². The van der Waals surface area contributed by atoms with E-state index in [0.717, 1.165) is 22.7 Å². The fourth-order valence-corrected chi connectivity index (χ4v) is 4.80. The van der Waals surface area contributed by atoms with E-state index in [1.807, 2.05) is 23.1 Å². The summed E-state index contributed by atoms with van der Waals surface area (Å²) in [4.78, 5) is 14.8. The smallest absolute Gasteiger partial charge is 0.254 e. The number of amides is 1. The number of nitrogens with one attached hydrogen (secondary N) is 1. The Labute approximate surface area is 170 Å². The van der Waals surface area contributed by atoms with Crippen LogP contribution in [0.25, 0.3) is 0 Å². The second kappa shape index (κ2) is 7.26. The number of rotatable bonds is 2. The number of nitrogens with zero attached hydrogens (tertiary/aromatic N) is 1. The Hall–Kier alpha value is -2.30. The van der Waals surface area contributed by atoms with E-state index in [4.69, 9.17) is 16.3 Å². The molecular formula is C23H23ClN2O2. The van der Waals surface area contributed by atoms with Crippen molar-refractivity contribution in [2.24, 2.45) is 5.92 Å². The molecule has 3 aliphatic rings. The summed E-state index contributed by atoms with van der Waals surface area (Å²) in [7, 11) is 0. The highest BCUT2D eigenvalue weighted by Crippen LogP contribution is 2.50. The lowest BCUT2D eigenvalue weighted by Crippen LogP contribution is -2.40. The van der Waals surface area contributed by atoms with Crippen LogP contribution in [0.2, 0.25) is 5.02 Å². The number of morpholine rings is 1. The van der Waals surface area contributed by atoms with Crippen molar-refractivity contribution < 1.29 is 9.53 Å². The highest BCUT2D eigenvalue weighted by atomic mass is 35.5. The summed E-state index contributed by atoms with van der Waals surface area (Å²) >= 11 is 6.08. The quantitative estimate of drug-likeness (QED) is 0.754. The SMILES string of the molecule is O=C(c1ccc2c(c1)[C@@H]1C=CC[C@H]1[C@H](c1ccc(Cl)cc1)N2)N1CCOCC1. The predicted molar refractivity (Wildman–Crippen MR) is 111 cm³/mol. The van der Waals surface area contributed by atoms with Crippen molar-refractivity contribution in [3.8, 4) is 0 Å². The molecule has 144 valence electrons. The molecule has 0 unspecified atom stereocenters. The zero-order valence-corrected chi connectivity index (χ0v) is 16.4. The summed E-state index contributed by atoms with van der Waals surface area (Å²) in [5.74, 6) is 0.876. The van der Waals surface area contributed by atoms with E-state index in [0.29, 0.717) is 38.1 Å². The Bertz CT molecular complexity index is 919. The molecule has 5 rings (SSSR count). The van der Waals surface area contributed by atoms with Crippen molar-refractivity contribution >= 4 is 23.2 Å². The number of anilines is 1. The number of carbonyl (C=O) groups excluding carboxylic acids is 1. The summed E-state index contributed by atoms with van der Waals surface area (Å²) in [5.41, 5.74) is 4.36. The van der Waals surface area contributed by atoms with Gasteiger partial charge in [0.1, 0.15) is 0 Å². The molecule has 1 fully saturated rings. The van der Waals surface area contributed by atoms with Crippen LogP contribution in [0, 0.1) is 5.92 Å². The van der Waals surface area contributed by atoms with E-state index in [1.54, 1.807) is 0 Å². The highest BCUT2D eigenvalue weighted by molar-refractivity contribution is 6.30. The summed E-state index contributed by atoms with van der Waals surface area (Å²) < 4.78 is 5.37. The second-order valence-electron chi connectivity index (χ2n) is 7.73. The molecule has 1 N–H and O–H groups in total. The number of ether oxygens (including phenoxy) is 1. The van der Waals surface area contributed by atoms with Crippen LogP contribution in [0.5, 0.6) is 0 Å². The van der Waals surface area contributed by atoms with E-state index in [1.165, 1.54) is 11.1 Å². The molecule has 2 aromatic carbocycles. The van der Waals surface area contributed by atoms with Crippen LogP contribution in [-0.4, -0.2) is 37.1 Å². The maximum atomic E-state index is 12.9. The maximum absolute atomic E-state index is 12.9. The van der Waals surface area contributed by atoms with Crippen molar-refractivity contribution in [1.82, 2.24) is 4.90 Å². The first-order valence-electron chi connectivity index (χ1n) is 9.90. The van der Waals surface area contributed by atoms with Gasteiger partial charge in [-0.1, -0.05) is 35.9 Å². The van der Waals surface area contributed by atoms with Gasteiger partial charge in [-0.15, -0.1) is 0 Å². The van der Waals surface area contributed by atoms with Crippen molar-refractivity contribution in [1.29, 1.82) is 0 Å². The van der Waals surface area contributed by atoms with Crippen LogP contribution in [0.3, 0.4) is 0 Å². The third-order valence-electron chi connectivity index (χ3n) is 6.14. The van der Waals surface area contributed by atoms with Gasteiger partial charge in [-0.05, 0) is 53.8 Å². The molecule has 1 aliphatic carbocycles. The summed E-state index contributed by atoms with van der Waals surface area (Å²) in [6, 6.07) is 14.5. The zero-order valence-electron chi connectivity index (χ0n) is 15.6. The first-order chi connectivity index (χ1) is 13.7. The first kappa shape index (κ1) is 17.8. The van der Waals surface area contributed by atoms with Gasteiger partial charge >= 0.3 is 0 Å². The van der Waals surface area contributed by atoms with Crippen LogP contribution in [0.1, 0.15) is 39.9 Å². The Morgan fingerprint density at radius 2 is 1.89 bits per heavy atom. The maximum Gasteiger partial charge on any atom is 0.254 e. The van der Waals surface area contributed by atoms with Crippen LogP contribution < -0.4 is 5.32 Å². The highest BCUT2D eigenvalue weighted by Gasteiger charge is 2.38. The average molecular weight is 395 g/mol. The molecule has 0 saturated carbocycles. The minimum atomic E-state index is 0.101. The van der Waals surface area contributed by atoms with Gasteiger partial charge < -0.3 is 15.0 Å². The third kappa shape index (κ3) is 3.11. The standard InChI is InChI=1S/C23H23ClN2O2/c24-17-7-4-15(5-8-17)22-19-3-1-2-18(19)20-14-16(6-9-21(20)25-22)23(27)26-10-12-28-13-11-26/h1-2,4-9,14,18-19,22,25H,3,10-13H2/t18-,19-,22+/m1/s1. The normalized spacial score (nSPS) is 25.8. The Morgan fingerprint density at radius 3 is 2.68 bits per heavy atom. The Morgan fingerprint density at radius 1 is 1.11 bits per heavy atom. The molecule has 0 aromatic heterocycles. The molecule has 0 bridgehead atoms. The molecule has 1 saturated heterocycles. The number of fused-ring (bicyclic) bond motifs is 3. The van der Waals surface area contributed by atoms with Gasteiger partial charge in [0.05, 0.1) is 19.3 Å². The second-order valence-corrected chi connectivity index (χ2v) is 8.17. The molecule has 2 aromatic rings. The Balaban J connectivity index is 1.47. The van der Waals surface area contributed by atoms with Gasteiger partial charge in [0.15, 0.2) is 0 Å². The minimum Gasteiger partial charge on any atom is -0.378 e. The number of carbonyl (C=O) groups is 1. The molecular weight excluding hydrogens is 372 g/mol. The largest absolute Gasteiger partial charge is 0.378 e. The number of hydrogen-bond acceptors (Lipinski definition) is 3. The van der Waals surface area contributed by atoms with Crippen LogP contribution >= 0.6 is 11.6 Å². The molecule has 0 radical (unpaired) electrons. The van der Waals surface area contributed by atoms with Crippen molar-refractivity contribution in [2.75, 3.05) is 31.6 Å². The van der Waals surface area contributed by atoms with Gasteiger partial charge in [0.25, 0.3) is 5.91 Å². The summed E-state index contributed by atoms with van der Waals surface area (Å²) in [6.07, 6.45) is 5.60. The number of halogens is 1. The van der Waals surface area contributed by atoms with E-state index in [9.17, 15) is 4.79 Å². The van der Waals surface area contributed by atoms with Gasteiger partial charge in [-0.2, -0.15) is 0 Å². The van der Waals surface area contributed by atoms with Gasteiger partial charge in [-0.3, -0.25) is 4.79 Å². The number of benzene rings is 2. The number of allylic oxidation sites excluding steroid dienone is 2. The monoisotopic (exact) mass is 394 g/mol. The minimum absolute atomic E-state index is 0.101. The van der Waals surface area contributed by atoms with Gasteiger partial charge in [0.2, 0.25) is 0 Å². The van der Waals surface area contributed by atoms with Crippen LogP contribution in [0.4, 0.5) is 5.69 Å². The molecule has 4 nitrogen and oxygen atoms in total. The van der Waals surface area contributed by atoms with Crippen LogP contribution in [-0.2, 0) is 4.74 Å². The molecule has 1 amide bonds. The Kier molecular flexibility index (Phi) is 4.61. The predicted octanol–water partition coefficient (Wildman–Crippen LogP) is 4.64. The molecule has 0 spiro atoms. The number of hydrogen-bond donors (Lipinski definition) is 1. The lowest BCUT2D eigenvalue weighted by atomic mass is 9.76.